The zero-order valence-corrected chi connectivity index (χ0v) is 22.0. The van der Waals surface area contributed by atoms with E-state index in [-0.39, 0.29) is 17.9 Å². The maximum Gasteiger partial charge on any atom is 0.259 e. The molecule has 1 fully saturated rings. The van der Waals surface area contributed by atoms with Gasteiger partial charge in [-0.3, -0.25) is 14.7 Å². The van der Waals surface area contributed by atoms with Crippen molar-refractivity contribution >= 4 is 40.3 Å². The van der Waals surface area contributed by atoms with Crippen LogP contribution in [0.2, 0.25) is 0 Å². The van der Waals surface area contributed by atoms with Crippen LogP contribution in [0.1, 0.15) is 44.9 Å². The molecular formula is C30H32N6O3. The van der Waals surface area contributed by atoms with Gasteiger partial charge in [0.25, 0.3) is 11.8 Å². The predicted molar refractivity (Wildman–Crippen MR) is 154 cm³/mol. The molecule has 1 aliphatic rings. The Balaban J connectivity index is 1.14. The first-order valence-corrected chi connectivity index (χ1v) is 13.0. The number of amides is 2. The van der Waals surface area contributed by atoms with Crippen LogP contribution < -0.4 is 20.9 Å². The molecule has 9 nitrogen and oxygen atoms in total. The number of aliphatic hydroxyl groups excluding tert-OH is 1. The van der Waals surface area contributed by atoms with Gasteiger partial charge < -0.3 is 26.0 Å². The predicted octanol–water partition coefficient (Wildman–Crippen LogP) is 5.24. The molecule has 1 aromatic heterocycles. The molecular weight excluding hydrogens is 492 g/mol. The van der Waals surface area contributed by atoms with Gasteiger partial charge in [-0.2, -0.15) is 5.10 Å². The van der Waals surface area contributed by atoms with Crippen LogP contribution in [0.5, 0.6) is 0 Å². The zero-order chi connectivity index (χ0) is 27.4. The number of aryl methyl sites for hydroxylation is 2. The Morgan fingerprint density at radius 3 is 1.82 bits per heavy atom. The van der Waals surface area contributed by atoms with E-state index in [1.165, 1.54) is 0 Å². The first-order chi connectivity index (χ1) is 18.9. The molecule has 5 N–H and O–H groups in total. The van der Waals surface area contributed by atoms with Crippen LogP contribution in [0.3, 0.4) is 0 Å². The summed E-state index contributed by atoms with van der Waals surface area (Å²) >= 11 is 0. The molecule has 200 valence electrons. The van der Waals surface area contributed by atoms with E-state index in [2.05, 4.69) is 31.0 Å². The van der Waals surface area contributed by atoms with Crippen LogP contribution in [0.25, 0.3) is 0 Å². The minimum atomic E-state index is -0.213. The number of nitrogens with zero attached hydrogens (tertiary/aromatic N) is 2. The highest BCUT2D eigenvalue weighted by Gasteiger charge is 2.18. The number of hydrogen-bond donors (Lipinski definition) is 5. The second-order valence-electron chi connectivity index (χ2n) is 9.76. The van der Waals surface area contributed by atoms with Gasteiger partial charge in [-0.15, -0.1) is 0 Å². The Kier molecular flexibility index (Phi) is 7.60. The summed E-state index contributed by atoms with van der Waals surface area (Å²) in [6.07, 6.45) is 1.32. The minimum Gasteiger partial charge on any atom is -0.393 e. The van der Waals surface area contributed by atoms with E-state index < -0.39 is 0 Å². The van der Waals surface area contributed by atoms with Crippen LogP contribution in [0.4, 0.5) is 28.4 Å². The van der Waals surface area contributed by atoms with E-state index in [9.17, 15) is 14.7 Å². The highest BCUT2D eigenvalue weighted by Crippen LogP contribution is 2.23. The smallest absolute Gasteiger partial charge is 0.259 e. The fourth-order valence-corrected chi connectivity index (χ4v) is 4.67. The number of piperidine rings is 1. The number of aromatic nitrogens is 2. The number of carbonyl (C=O) groups is 2. The van der Waals surface area contributed by atoms with Crippen molar-refractivity contribution in [1.82, 2.24) is 10.2 Å². The van der Waals surface area contributed by atoms with Crippen molar-refractivity contribution in [2.45, 2.75) is 32.8 Å². The van der Waals surface area contributed by atoms with Crippen molar-refractivity contribution in [3.63, 3.8) is 0 Å². The van der Waals surface area contributed by atoms with Crippen LogP contribution in [0, 0.1) is 13.8 Å². The third-order valence-corrected chi connectivity index (χ3v) is 6.89. The Morgan fingerprint density at radius 1 is 0.795 bits per heavy atom. The molecule has 0 radical (unpaired) electrons. The zero-order valence-electron chi connectivity index (χ0n) is 22.0. The van der Waals surface area contributed by atoms with Crippen molar-refractivity contribution in [1.29, 1.82) is 0 Å². The standard InChI is InChI=1S/C30H32N6O3/c1-19-28(20(2)35-34-19)30(39)33-25-11-7-23(8-12-25)31-22-5-9-24(10-6-22)32-29(38)21-3-13-26(14-4-21)36-17-15-27(37)16-18-36/h3-14,27,31,37H,15-18H2,1-2H3,(H,32,38)(H,33,39)(H,34,35). The number of anilines is 5. The summed E-state index contributed by atoms with van der Waals surface area (Å²) in [4.78, 5) is 27.5. The quantitative estimate of drug-likeness (QED) is 0.226. The maximum atomic E-state index is 12.7. The Morgan fingerprint density at radius 2 is 1.31 bits per heavy atom. The lowest BCUT2D eigenvalue weighted by atomic mass is 10.1. The Hall–Kier alpha value is -4.63. The van der Waals surface area contributed by atoms with E-state index in [4.69, 9.17) is 0 Å². The molecule has 1 aliphatic heterocycles. The number of benzene rings is 3. The number of rotatable bonds is 7. The monoisotopic (exact) mass is 524 g/mol. The van der Waals surface area contributed by atoms with Gasteiger partial charge in [-0.1, -0.05) is 0 Å². The van der Waals surface area contributed by atoms with Crippen LogP contribution in [0.15, 0.2) is 72.8 Å². The number of carbonyl (C=O) groups excluding carboxylic acids is 2. The molecule has 4 aromatic rings. The molecule has 2 amide bonds. The van der Waals surface area contributed by atoms with Gasteiger partial charge in [0.05, 0.1) is 17.4 Å². The van der Waals surface area contributed by atoms with Crippen molar-refractivity contribution in [3.8, 4) is 0 Å². The van der Waals surface area contributed by atoms with Gasteiger partial charge in [0, 0.05) is 52.8 Å². The summed E-state index contributed by atoms with van der Waals surface area (Å²) in [5, 5.41) is 25.8. The lowest BCUT2D eigenvalue weighted by molar-refractivity contribution is 0.101. The van der Waals surface area contributed by atoms with Crippen LogP contribution in [-0.2, 0) is 0 Å². The normalized spacial score (nSPS) is 13.7. The number of aromatic amines is 1. The Labute approximate surface area is 227 Å². The second kappa shape index (κ2) is 11.4. The first-order valence-electron chi connectivity index (χ1n) is 13.0. The molecule has 0 aliphatic carbocycles. The van der Waals surface area contributed by atoms with Gasteiger partial charge in [0.2, 0.25) is 0 Å². The summed E-state index contributed by atoms with van der Waals surface area (Å²) in [6, 6.07) is 22.5. The molecule has 0 saturated carbocycles. The number of aliphatic hydroxyl groups is 1. The largest absolute Gasteiger partial charge is 0.393 e. The van der Waals surface area contributed by atoms with E-state index in [1.54, 1.807) is 6.92 Å². The molecule has 0 atom stereocenters. The van der Waals surface area contributed by atoms with E-state index in [1.807, 2.05) is 79.7 Å². The van der Waals surface area contributed by atoms with E-state index in [0.717, 1.165) is 48.7 Å². The molecule has 2 heterocycles. The van der Waals surface area contributed by atoms with Crippen molar-refractivity contribution in [2.24, 2.45) is 0 Å². The highest BCUT2D eigenvalue weighted by molar-refractivity contribution is 6.06. The van der Waals surface area contributed by atoms with Gasteiger partial charge >= 0.3 is 0 Å². The molecule has 3 aromatic carbocycles. The van der Waals surface area contributed by atoms with Crippen LogP contribution >= 0.6 is 0 Å². The molecule has 9 heteroatoms. The first kappa shape index (κ1) is 26.0. The Bertz CT molecular complexity index is 1420. The van der Waals surface area contributed by atoms with Crippen molar-refractivity contribution in [2.75, 3.05) is 33.9 Å². The molecule has 5 rings (SSSR count). The second-order valence-corrected chi connectivity index (χ2v) is 9.76. The maximum absolute atomic E-state index is 12.7. The fourth-order valence-electron chi connectivity index (χ4n) is 4.67. The summed E-state index contributed by atoms with van der Waals surface area (Å²) in [5.74, 6) is -0.370. The topological polar surface area (TPSA) is 122 Å². The van der Waals surface area contributed by atoms with Crippen molar-refractivity contribution < 1.29 is 14.7 Å². The molecule has 0 bridgehead atoms. The number of nitrogens with one attached hydrogen (secondary N) is 4. The third-order valence-electron chi connectivity index (χ3n) is 6.89. The molecule has 0 unspecified atom stereocenters. The number of hydrogen-bond acceptors (Lipinski definition) is 6. The minimum absolute atomic E-state index is 0.172. The summed E-state index contributed by atoms with van der Waals surface area (Å²) < 4.78 is 0. The van der Waals surface area contributed by atoms with Crippen molar-refractivity contribution in [3.05, 3.63) is 95.3 Å². The lowest BCUT2D eigenvalue weighted by Gasteiger charge is -2.31. The average molecular weight is 525 g/mol. The van der Waals surface area contributed by atoms with E-state index in [0.29, 0.717) is 28.2 Å². The fraction of sp³-hybridized carbons (Fsp3) is 0.233. The average Bonchev–Trinajstić information content (AvgIpc) is 3.29. The van der Waals surface area contributed by atoms with Gasteiger partial charge in [0.15, 0.2) is 0 Å². The summed E-state index contributed by atoms with van der Waals surface area (Å²) in [7, 11) is 0. The SMILES string of the molecule is Cc1n[nH]c(C)c1C(=O)Nc1ccc(Nc2ccc(NC(=O)c3ccc(N4CCC(O)CC4)cc3)cc2)cc1. The lowest BCUT2D eigenvalue weighted by Crippen LogP contribution is -2.35. The van der Waals surface area contributed by atoms with Crippen LogP contribution in [-0.4, -0.2) is 46.3 Å². The molecule has 39 heavy (non-hydrogen) atoms. The van der Waals surface area contributed by atoms with E-state index >= 15 is 0 Å². The van der Waals surface area contributed by atoms with Gasteiger partial charge in [-0.25, -0.2) is 0 Å². The van der Waals surface area contributed by atoms with Gasteiger partial charge in [0.1, 0.15) is 0 Å². The van der Waals surface area contributed by atoms with Gasteiger partial charge in [-0.05, 0) is 99.5 Å². The summed E-state index contributed by atoms with van der Waals surface area (Å²) in [5.41, 5.74) is 6.71. The molecule has 1 saturated heterocycles. The third kappa shape index (κ3) is 6.27. The number of H-pyrrole nitrogens is 1. The molecule has 0 spiro atoms. The highest BCUT2D eigenvalue weighted by atomic mass is 16.3. The summed E-state index contributed by atoms with van der Waals surface area (Å²) in [6.45, 7) is 5.25.